The summed E-state index contributed by atoms with van der Waals surface area (Å²) in [5.41, 5.74) is 1.36. The largest absolute Gasteiger partial charge is 0.294 e. The van der Waals surface area contributed by atoms with Gasteiger partial charge in [-0.05, 0) is 41.9 Å². The number of carbonyl (C=O) groups excluding carboxylic acids is 1. The van der Waals surface area contributed by atoms with Crippen LogP contribution in [-0.2, 0) is 4.79 Å². The third kappa shape index (κ3) is 1.59. The Balaban J connectivity index is 2.82. The first kappa shape index (κ1) is 8.24. The molecule has 0 unspecified atom stereocenters. The summed E-state index contributed by atoms with van der Waals surface area (Å²) >= 11 is 2.17. The summed E-state index contributed by atoms with van der Waals surface area (Å²) in [6.45, 7) is 2.12. The fourth-order valence-corrected chi connectivity index (χ4v) is 2.13. The normalized spacial score (nSPS) is 20.0. The second kappa shape index (κ2) is 3.51. The zero-order valence-corrected chi connectivity index (χ0v) is 8.27. The standard InChI is InChI=1S/C8H11IO/c1-2-6-4-3-5-7(10)8(6)9/h2-5H2,1H3. The number of hydrogen-bond acceptors (Lipinski definition) is 1. The molecular formula is C8H11IO. The van der Waals surface area contributed by atoms with E-state index in [1.54, 1.807) is 0 Å². The molecule has 1 nitrogen and oxygen atoms in total. The Bertz CT molecular complexity index is 182. The molecule has 0 saturated heterocycles. The highest BCUT2D eigenvalue weighted by atomic mass is 127. The van der Waals surface area contributed by atoms with Gasteiger partial charge in [-0.15, -0.1) is 0 Å². The average molecular weight is 250 g/mol. The fraction of sp³-hybridized carbons (Fsp3) is 0.625. The maximum atomic E-state index is 11.1. The lowest BCUT2D eigenvalue weighted by molar-refractivity contribution is -0.115. The van der Waals surface area contributed by atoms with Crippen LogP contribution in [-0.4, -0.2) is 5.78 Å². The van der Waals surface area contributed by atoms with E-state index in [1.165, 1.54) is 5.57 Å². The molecule has 0 heterocycles. The number of hydrogen-bond donors (Lipinski definition) is 0. The molecule has 0 saturated carbocycles. The van der Waals surface area contributed by atoms with Crippen LogP contribution in [0.1, 0.15) is 32.6 Å². The van der Waals surface area contributed by atoms with Crippen molar-refractivity contribution in [2.45, 2.75) is 32.6 Å². The number of allylic oxidation sites excluding steroid dienone is 2. The molecule has 1 aliphatic rings. The van der Waals surface area contributed by atoms with Gasteiger partial charge in [0.25, 0.3) is 0 Å². The third-order valence-electron chi connectivity index (χ3n) is 1.86. The van der Waals surface area contributed by atoms with Crippen LogP contribution in [0.5, 0.6) is 0 Å². The van der Waals surface area contributed by atoms with E-state index in [1.807, 2.05) is 0 Å². The van der Waals surface area contributed by atoms with E-state index in [4.69, 9.17) is 0 Å². The Hall–Kier alpha value is 0.140. The van der Waals surface area contributed by atoms with Gasteiger partial charge in [0.15, 0.2) is 5.78 Å². The number of Topliss-reactive ketones (excluding diaryl/α,β-unsaturated/α-hetero) is 1. The smallest absolute Gasteiger partial charge is 0.168 e. The van der Waals surface area contributed by atoms with Gasteiger partial charge < -0.3 is 0 Å². The van der Waals surface area contributed by atoms with E-state index in [-0.39, 0.29) is 0 Å². The molecule has 0 aromatic rings. The molecule has 0 aromatic heterocycles. The first-order valence-electron chi connectivity index (χ1n) is 3.66. The van der Waals surface area contributed by atoms with Crippen molar-refractivity contribution in [2.75, 3.05) is 0 Å². The lowest BCUT2D eigenvalue weighted by Gasteiger charge is -2.13. The molecule has 2 heteroatoms. The summed E-state index contributed by atoms with van der Waals surface area (Å²) in [7, 11) is 0. The molecule has 56 valence electrons. The molecule has 0 spiro atoms. The zero-order valence-electron chi connectivity index (χ0n) is 6.11. The van der Waals surface area contributed by atoms with E-state index in [0.29, 0.717) is 5.78 Å². The van der Waals surface area contributed by atoms with Crippen LogP contribution < -0.4 is 0 Å². The van der Waals surface area contributed by atoms with Gasteiger partial charge in [0.2, 0.25) is 0 Å². The highest BCUT2D eigenvalue weighted by molar-refractivity contribution is 14.1. The SMILES string of the molecule is CCC1=C(I)C(=O)CCC1. The van der Waals surface area contributed by atoms with E-state index >= 15 is 0 Å². The zero-order chi connectivity index (χ0) is 7.56. The summed E-state index contributed by atoms with van der Waals surface area (Å²) in [4.78, 5) is 11.1. The fourth-order valence-electron chi connectivity index (χ4n) is 1.21. The lowest BCUT2D eigenvalue weighted by atomic mass is 9.97. The molecule has 0 amide bonds. The monoisotopic (exact) mass is 250 g/mol. The summed E-state index contributed by atoms with van der Waals surface area (Å²) in [6.07, 6.45) is 4.01. The van der Waals surface area contributed by atoms with Crippen molar-refractivity contribution in [1.29, 1.82) is 0 Å². The summed E-state index contributed by atoms with van der Waals surface area (Å²) in [5.74, 6) is 0.351. The predicted molar refractivity (Wildman–Crippen MR) is 50.2 cm³/mol. The predicted octanol–water partition coefficient (Wildman–Crippen LogP) is 2.84. The van der Waals surface area contributed by atoms with E-state index in [9.17, 15) is 4.79 Å². The second-order valence-corrected chi connectivity index (χ2v) is 3.63. The molecule has 0 bridgehead atoms. The first-order chi connectivity index (χ1) is 4.75. The minimum absolute atomic E-state index is 0.351. The van der Waals surface area contributed by atoms with Crippen LogP contribution in [0.4, 0.5) is 0 Å². The van der Waals surface area contributed by atoms with Crippen LogP contribution in [0.2, 0.25) is 0 Å². The van der Waals surface area contributed by atoms with Crippen molar-refractivity contribution in [3.63, 3.8) is 0 Å². The maximum absolute atomic E-state index is 11.1. The van der Waals surface area contributed by atoms with Crippen LogP contribution >= 0.6 is 22.6 Å². The number of halogens is 1. The van der Waals surface area contributed by atoms with Gasteiger partial charge in [0.05, 0.1) is 3.58 Å². The van der Waals surface area contributed by atoms with Gasteiger partial charge in [0, 0.05) is 6.42 Å². The van der Waals surface area contributed by atoms with Gasteiger partial charge in [-0.3, -0.25) is 4.79 Å². The molecule has 1 aliphatic carbocycles. The van der Waals surface area contributed by atoms with Crippen molar-refractivity contribution in [1.82, 2.24) is 0 Å². The van der Waals surface area contributed by atoms with Gasteiger partial charge in [-0.1, -0.05) is 12.5 Å². The van der Waals surface area contributed by atoms with Gasteiger partial charge >= 0.3 is 0 Å². The minimum Gasteiger partial charge on any atom is -0.294 e. The Morgan fingerprint density at radius 3 is 2.70 bits per heavy atom. The van der Waals surface area contributed by atoms with Crippen molar-refractivity contribution in [2.24, 2.45) is 0 Å². The molecule has 0 radical (unpaired) electrons. The van der Waals surface area contributed by atoms with Crippen molar-refractivity contribution < 1.29 is 4.79 Å². The second-order valence-electron chi connectivity index (χ2n) is 2.55. The Morgan fingerprint density at radius 2 is 2.20 bits per heavy atom. The Morgan fingerprint density at radius 1 is 1.50 bits per heavy atom. The van der Waals surface area contributed by atoms with E-state index < -0.39 is 0 Å². The molecule has 0 N–H and O–H groups in total. The number of rotatable bonds is 1. The summed E-state index contributed by atoms with van der Waals surface area (Å²) < 4.78 is 1.01. The Kier molecular flexibility index (Phi) is 2.89. The highest BCUT2D eigenvalue weighted by Gasteiger charge is 2.15. The minimum atomic E-state index is 0.351. The van der Waals surface area contributed by atoms with Crippen molar-refractivity contribution >= 4 is 28.4 Å². The molecule has 0 atom stereocenters. The highest BCUT2D eigenvalue weighted by Crippen LogP contribution is 2.28. The van der Waals surface area contributed by atoms with E-state index in [2.05, 4.69) is 29.5 Å². The third-order valence-corrected chi connectivity index (χ3v) is 3.23. The maximum Gasteiger partial charge on any atom is 0.168 e. The first-order valence-corrected chi connectivity index (χ1v) is 4.74. The summed E-state index contributed by atoms with van der Waals surface area (Å²) in [6, 6.07) is 0. The lowest BCUT2D eigenvalue weighted by Crippen LogP contribution is -2.06. The molecular weight excluding hydrogens is 239 g/mol. The van der Waals surface area contributed by atoms with Crippen LogP contribution in [0.25, 0.3) is 0 Å². The van der Waals surface area contributed by atoms with Crippen molar-refractivity contribution in [3.05, 3.63) is 9.15 Å². The van der Waals surface area contributed by atoms with Crippen molar-refractivity contribution in [3.8, 4) is 0 Å². The van der Waals surface area contributed by atoms with Gasteiger partial charge in [-0.2, -0.15) is 0 Å². The molecule has 0 fully saturated rings. The van der Waals surface area contributed by atoms with Crippen LogP contribution in [0.15, 0.2) is 9.15 Å². The van der Waals surface area contributed by atoms with E-state index in [0.717, 1.165) is 29.3 Å². The summed E-state index contributed by atoms with van der Waals surface area (Å²) in [5, 5.41) is 0. The molecule has 10 heavy (non-hydrogen) atoms. The molecule has 0 aliphatic heterocycles. The quantitative estimate of drug-likeness (QED) is 0.654. The van der Waals surface area contributed by atoms with Crippen LogP contribution in [0, 0.1) is 0 Å². The topological polar surface area (TPSA) is 17.1 Å². The molecule has 1 rings (SSSR count). The molecule has 0 aromatic carbocycles. The number of carbonyl (C=O) groups is 1. The van der Waals surface area contributed by atoms with Gasteiger partial charge in [-0.25, -0.2) is 0 Å². The number of ketones is 1. The average Bonchev–Trinajstić information content (AvgIpc) is 1.95. The van der Waals surface area contributed by atoms with Gasteiger partial charge in [0.1, 0.15) is 0 Å². The van der Waals surface area contributed by atoms with Crippen LogP contribution in [0.3, 0.4) is 0 Å². The Labute approximate surface area is 75.0 Å².